The van der Waals surface area contributed by atoms with Crippen LogP contribution in [0.5, 0.6) is 5.75 Å². The average Bonchev–Trinajstić information content (AvgIpc) is 2.67. The Hall–Kier alpha value is -2.16. The van der Waals surface area contributed by atoms with Gasteiger partial charge in [-0.05, 0) is 49.2 Å². The van der Waals surface area contributed by atoms with E-state index >= 15 is 0 Å². The summed E-state index contributed by atoms with van der Waals surface area (Å²) in [6, 6.07) is 12.0. The average molecular weight is 441 g/mol. The van der Waals surface area contributed by atoms with Gasteiger partial charge in [-0.2, -0.15) is 4.31 Å². The zero-order chi connectivity index (χ0) is 21.1. The topological polar surface area (TPSA) is 89.7 Å². The molecule has 1 aliphatic rings. The van der Waals surface area contributed by atoms with Crippen molar-refractivity contribution in [3.05, 3.63) is 59.4 Å². The highest BCUT2D eigenvalue weighted by molar-refractivity contribution is 7.89. The van der Waals surface area contributed by atoms with E-state index < -0.39 is 27.2 Å². The molecular formula is C20H22ClFN2O4S. The Kier molecular flexibility index (Phi) is 6.45. The first-order chi connectivity index (χ1) is 13.7. The smallest absolute Gasteiger partial charge is 0.246 e. The molecule has 2 N–H and O–H groups in total. The number of hydrogen-bond donors (Lipinski definition) is 1. The van der Waals surface area contributed by atoms with E-state index in [1.807, 2.05) is 0 Å². The predicted octanol–water partition coefficient (Wildman–Crippen LogP) is 3.20. The lowest BCUT2D eigenvalue weighted by Gasteiger charge is -2.41. The van der Waals surface area contributed by atoms with Crippen molar-refractivity contribution in [2.45, 2.75) is 24.2 Å². The van der Waals surface area contributed by atoms with Gasteiger partial charge in [0.2, 0.25) is 15.9 Å². The molecule has 156 valence electrons. The zero-order valence-corrected chi connectivity index (χ0v) is 17.3. The number of benzene rings is 2. The van der Waals surface area contributed by atoms with Crippen molar-refractivity contribution in [2.24, 2.45) is 11.1 Å². The lowest BCUT2D eigenvalue weighted by molar-refractivity contribution is -0.121. The van der Waals surface area contributed by atoms with Crippen LogP contribution in [0.2, 0.25) is 5.02 Å². The van der Waals surface area contributed by atoms with Crippen LogP contribution < -0.4 is 10.5 Å². The van der Waals surface area contributed by atoms with Crippen molar-refractivity contribution < 1.29 is 22.3 Å². The van der Waals surface area contributed by atoms with Crippen molar-refractivity contribution in [1.29, 1.82) is 0 Å². The molecule has 1 fully saturated rings. The minimum absolute atomic E-state index is 0.0141. The highest BCUT2D eigenvalue weighted by Gasteiger charge is 2.42. The van der Waals surface area contributed by atoms with E-state index in [1.54, 1.807) is 24.3 Å². The quantitative estimate of drug-likeness (QED) is 0.715. The largest absolute Gasteiger partial charge is 0.493 e. The molecule has 2 aromatic rings. The van der Waals surface area contributed by atoms with Gasteiger partial charge in [0.05, 0.1) is 6.61 Å². The van der Waals surface area contributed by atoms with Crippen LogP contribution >= 0.6 is 11.6 Å². The summed E-state index contributed by atoms with van der Waals surface area (Å²) in [5, 5.41) is 0.559. The van der Waals surface area contributed by atoms with Gasteiger partial charge >= 0.3 is 0 Å². The minimum atomic E-state index is -4.05. The second-order valence-electron chi connectivity index (χ2n) is 7.26. The lowest BCUT2D eigenvalue weighted by Crippen LogP contribution is -2.50. The molecule has 0 aromatic heterocycles. The normalized spacial score (nSPS) is 20.3. The van der Waals surface area contributed by atoms with Crippen LogP contribution in [-0.2, 0) is 14.8 Å². The Morgan fingerprint density at radius 1 is 1.21 bits per heavy atom. The third-order valence-electron chi connectivity index (χ3n) is 4.99. The maximum atomic E-state index is 14.1. The number of piperidine rings is 1. The summed E-state index contributed by atoms with van der Waals surface area (Å²) in [5.41, 5.74) is 4.64. The van der Waals surface area contributed by atoms with Gasteiger partial charge in [0, 0.05) is 29.9 Å². The number of ether oxygens (including phenoxy) is 1. The van der Waals surface area contributed by atoms with Crippen molar-refractivity contribution in [3.8, 4) is 5.75 Å². The molecule has 0 radical (unpaired) electrons. The Labute approximate surface area is 174 Å². The first-order valence-electron chi connectivity index (χ1n) is 9.13. The molecule has 2 aromatic carbocycles. The zero-order valence-electron chi connectivity index (χ0n) is 15.7. The number of halogens is 2. The maximum Gasteiger partial charge on any atom is 0.246 e. The van der Waals surface area contributed by atoms with Gasteiger partial charge in [0.15, 0.2) is 0 Å². The van der Waals surface area contributed by atoms with E-state index in [0.717, 1.165) is 6.07 Å². The van der Waals surface area contributed by atoms with E-state index in [2.05, 4.69) is 0 Å². The van der Waals surface area contributed by atoms with Crippen molar-refractivity contribution in [2.75, 3.05) is 19.7 Å². The van der Waals surface area contributed by atoms with Gasteiger partial charge in [-0.15, -0.1) is 0 Å². The van der Waals surface area contributed by atoms with E-state index in [4.69, 9.17) is 22.1 Å². The molecule has 1 atom stereocenters. The summed E-state index contributed by atoms with van der Waals surface area (Å²) >= 11 is 5.88. The lowest BCUT2D eigenvalue weighted by atomic mass is 9.78. The number of primary amides is 1. The molecule has 6 nitrogen and oxygen atoms in total. The van der Waals surface area contributed by atoms with Crippen molar-refractivity contribution >= 4 is 27.5 Å². The molecule has 1 heterocycles. The summed E-state index contributed by atoms with van der Waals surface area (Å²) < 4.78 is 47.2. The van der Waals surface area contributed by atoms with Crippen LogP contribution in [0.3, 0.4) is 0 Å². The number of rotatable bonds is 7. The molecule has 0 aliphatic carbocycles. The molecule has 29 heavy (non-hydrogen) atoms. The Balaban J connectivity index is 1.84. The summed E-state index contributed by atoms with van der Waals surface area (Å²) in [6.45, 7) is 0.346. The standard InChI is InChI=1S/C20H22ClFN2O4S/c21-15-6-8-16(9-7-15)28-14-20(12-19(23)25)10-3-11-24(13-20)29(26,27)18-5-2-1-4-17(18)22/h1-2,4-9H,3,10-14H2,(H2,23,25). The van der Waals surface area contributed by atoms with Crippen LogP contribution in [0.1, 0.15) is 19.3 Å². The van der Waals surface area contributed by atoms with Gasteiger partial charge < -0.3 is 10.5 Å². The minimum Gasteiger partial charge on any atom is -0.493 e. The van der Waals surface area contributed by atoms with Crippen molar-refractivity contribution in [1.82, 2.24) is 4.31 Å². The highest BCUT2D eigenvalue weighted by Crippen LogP contribution is 2.37. The molecule has 1 amide bonds. The van der Waals surface area contributed by atoms with E-state index in [0.29, 0.717) is 23.6 Å². The van der Waals surface area contributed by atoms with E-state index in [1.165, 1.54) is 22.5 Å². The third kappa shape index (κ3) is 5.07. The molecule has 3 rings (SSSR count). The number of nitrogens with two attached hydrogens (primary N) is 1. The summed E-state index contributed by atoms with van der Waals surface area (Å²) in [6.07, 6.45) is 1.03. The fraction of sp³-hybridized carbons (Fsp3) is 0.350. The number of hydrogen-bond acceptors (Lipinski definition) is 4. The van der Waals surface area contributed by atoms with Gasteiger partial charge in [-0.25, -0.2) is 12.8 Å². The predicted molar refractivity (Wildman–Crippen MR) is 108 cm³/mol. The van der Waals surface area contributed by atoms with Crippen molar-refractivity contribution in [3.63, 3.8) is 0 Å². The molecule has 1 unspecified atom stereocenters. The van der Waals surface area contributed by atoms with Gasteiger partial charge in [-0.1, -0.05) is 23.7 Å². The van der Waals surface area contributed by atoms with Crippen LogP contribution in [0, 0.1) is 11.2 Å². The molecule has 0 spiro atoms. The fourth-order valence-electron chi connectivity index (χ4n) is 3.61. The van der Waals surface area contributed by atoms with E-state index in [9.17, 15) is 17.6 Å². The number of sulfonamides is 1. The molecular weight excluding hydrogens is 419 g/mol. The molecule has 0 saturated carbocycles. The third-order valence-corrected chi connectivity index (χ3v) is 7.12. The first-order valence-corrected chi connectivity index (χ1v) is 11.0. The second-order valence-corrected chi connectivity index (χ2v) is 9.60. The van der Waals surface area contributed by atoms with Gasteiger partial charge in [0.25, 0.3) is 0 Å². The first kappa shape index (κ1) is 21.5. The van der Waals surface area contributed by atoms with Crippen LogP contribution in [0.4, 0.5) is 4.39 Å². The monoisotopic (exact) mass is 440 g/mol. The number of nitrogens with zero attached hydrogens (tertiary/aromatic N) is 1. The summed E-state index contributed by atoms with van der Waals surface area (Å²) in [7, 11) is -4.05. The Morgan fingerprint density at radius 3 is 2.55 bits per heavy atom. The highest BCUT2D eigenvalue weighted by atomic mass is 35.5. The number of carbonyl (C=O) groups excluding carboxylic acids is 1. The van der Waals surface area contributed by atoms with Gasteiger partial charge in [0.1, 0.15) is 16.5 Å². The van der Waals surface area contributed by atoms with Crippen LogP contribution in [-0.4, -0.2) is 38.3 Å². The summed E-state index contributed by atoms with van der Waals surface area (Å²) in [5.74, 6) is -0.807. The molecule has 1 saturated heterocycles. The molecule has 9 heteroatoms. The Morgan fingerprint density at radius 2 is 1.90 bits per heavy atom. The van der Waals surface area contributed by atoms with Crippen LogP contribution in [0.15, 0.2) is 53.4 Å². The fourth-order valence-corrected chi connectivity index (χ4v) is 5.39. The van der Waals surface area contributed by atoms with Crippen LogP contribution in [0.25, 0.3) is 0 Å². The second kappa shape index (κ2) is 8.69. The molecule has 1 aliphatic heterocycles. The maximum absolute atomic E-state index is 14.1. The number of amides is 1. The molecule has 0 bridgehead atoms. The SMILES string of the molecule is NC(=O)CC1(COc2ccc(Cl)cc2)CCCN(S(=O)(=O)c2ccccc2F)C1. The van der Waals surface area contributed by atoms with Gasteiger partial charge in [-0.3, -0.25) is 4.79 Å². The summed E-state index contributed by atoms with van der Waals surface area (Å²) in [4.78, 5) is 11.3. The van der Waals surface area contributed by atoms with E-state index in [-0.39, 0.29) is 31.0 Å². The number of carbonyl (C=O) groups is 1. The Bertz CT molecular complexity index is 984.